The van der Waals surface area contributed by atoms with Gasteiger partial charge in [0.2, 0.25) is 5.91 Å². The summed E-state index contributed by atoms with van der Waals surface area (Å²) >= 11 is 1.04. The molecule has 2 rings (SSSR count). The van der Waals surface area contributed by atoms with Crippen molar-refractivity contribution >= 4 is 34.8 Å². The molecular weight excluding hydrogens is 432 g/mol. The Hall–Kier alpha value is -3.33. The van der Waals surface area contributed by atoms with Crippen LogP contribution < -0.4 is 10.6 Å². The molecule has 0 aliphatic carbocycles. The van der Waals surface area contributed by atoms with E-state index in [9.17, 15) is 19.2 Å². The van der Waals surface area contributed by atoms with Crippen LogP contribution in [0.1, 0.15) is 24.5 Å². The number of carbonyl (C=O) groups excluding carboxylic acids is 4. The van der Waals surface area contributed by atoms with Gasteiger partial charge in [0.1, 0.15) is 25.8 Å². The van der Waals surface area contributed by atoms with Crippen molar-refractivity contribution in [1.82, 2.24) is 10.6 Å². The third-order valence-electron chi connectivity index (χ3n) is 4.18. The quantitative estimate of drug-likeness (QED) is 0.498. The van der Waals surface area contributed by atoms with Gasteiger partial charge >= 0.3 is 12.1 Å². The topological polar surface area (TPSA) is 111 Å². The van der Waals surface area contributed by atoms with Crippen molar-refractivity contribution in [3.8, 4) is 0 Å². The summed E-state index contributed by atoms with van der Waals surface area (Å²) in [5, 5.41) is 4.85. The minimum Gasteiger partial charge on any atom is -0.460 e. The molecule has 0 fully saturated rings. The first-order chi connectivity index (χ1) is 15.4. The zero-order valence-corrected chi connectivity index (χ0v) is 18.6. The molecule has 2 aromatic carbocycles. The molecule has 2 N–H and O–H groups in total. The lowest BCUT2D eigenvalue weighted by Gasteiger charge is -2.18. The van der Waals surface area contributed by atoms with Gasteiger partial charge in [0.05, 0.1) is 0 Å². The molecule has 0 aliphatic heterocycles. The van der Waals surface area contributed by atoms with E-state index < -0.39 is 24.0 Å². The summed E-state index contributed by atoms with van der Waals surface area (Å²) in [4.78, 5) is 47.8. The van der Waals surface area contributed by atoms with Crippen LogP contribution in [0.25, 0.3) is 0 Å². The first kappa shape index (κ1) is 24.9. The fourth-order valence-electron chi connectivity index (χ4n) is 2.57. The average Bonchev–Trinajstić information content (AvgIpc) is 2.80. The maximum absolute atomic E-state index is 12.5. The Bertz CT molecular complexity index is 892. The Kier molecular flexibility index (Phi) is 10.8. The summed E-state index contributed by atoms with van der Waals surface area (Å²) in [6.07, 6.45) is -0.580. The van der Waals surface area contributed by atoms with Crippen LogP contribution >= 0.6 is 11.8 Å². The highest BCUT2D eigenvalue weighted by molar-refractivity contribution is 8.13. The standard InChI is InChI=1S/C23H26N2O6S/c1-17(26)32-13-12-20(25-23(29)31-16-19-10-6-3-7-11-19)22(28)24-14-21(27)30-15-18-8-4-2-5-9-18/h2-11,20H,12-16H2,1H3,(H,24,28)(H,25,29). The zero-order valence-electron chi connectivity index (χ0n) is 17.7. The number of hydrogen-bond donors (Lipinski definition) is 2. The monoisotopic (exact) mass is 458 g/mol. The zero-order chi connectivity index (χ0) is 23.2. The minimum absolute atomic E-state index is 0.0506. The van der Waals surface area contributed by atoms with E-state index in [0.29, 0.717) is 5.75 Å². The highest BCUT2D eigenvalue weighted by Crippen LogP contribution is 2.07. The van der Waals surface area contributed by atoms with Crippen molar-refractivity contribution in [2.24, 2.45) is 0 Å². The number of benzene rings is 2. The number of nitrogens with one attached hydrogen (secondary N) is 2. The fourth-order valence-corrected chi connectivity index (χ4v) is 3.21. The largest absolute Gasteiger partial charge is 0.460 e. The number of carbonyl (C=O) groups is 4. The van der Waals surface area contributed by atoms with Crippen molar-refractivity contribution in [2.75, 3.05) is 12.3 Å². The maximum atomic E-state index is 12.5. The van der Waals surface area contributed by atoms with E-state index in [4.69, 9.17) is 9.47 Å². The van der Waals surface area contributed by atoms with Crippen LogP contribution in [0.4, 0.5) is 4.79 Å². The summed E-state index contributed by atoms with van der Waals surface area (Å²) in [5.74, 6) is -0.849. The van der Waals surface area contributed by atoms with Crippen molar-refractivity contribution in [2.45, 2.75) is 32.6 Å². The van der Waals surface area contributed by atoms with Gasteiger partial charge in [0, 0.05) is 12.7 Å². The van der Waals surface area contributed by atoms with Crippen LogP contribution in [-0.2, 0) is 37.1 Å². The van der Waals surface area contributed by atoms with Gasteiger partial charge in [-0.3, -0.25) is 14.4 Å². The lowest BCUT2D eigenvalue weighted by molar-refractivity contribution is -0.145. The lowest BCUT2D eigenvalue weighted by Crippen LogP contribution is -2.48. The molecule has 170 valence electrons. The molecule has 1 unspecified atom stereocenters. The van der Waals surface area contributed by atoms with Crippen molar-refractivity contribution in [3.63, 3.8) is 0 Å². The molecule has 2 amide bonds. The van der Waals surface area contributed by atoms with E-state index in [1.54, 1.807) is 0 Å². The number of amides is 2. The van der Waals surface area contributed by atoms with Crippen molar-refractivity contribution in [1.29, 1.82) is 0 Å². The first-order valence-electron chi connectivity index (χ1n) is 10.0. The van der Waals surface area contributed by atoms with Crippen molar-refractivity contribution in [3.05, 3.63) is 71.8 Å². The maximum Gasteiger partial charge on any atom is 0.408 e. The van der Waals surface area contributed by atoms with E-state index >= 15 is 0 Å². The summed E-state index contributed by atoms with van der Waals surface area (Å²) in [6.45, 7) is 1.22. The molecule has 8 nitrogen and oxygen atoms in total. The summed E-state index contributed by atoms with van der Waals surface area (Å²) < 4.78 is 10.3. The number of alkyl carbamates (subject to hydrolysis) is 1. The normalized spacial score (nSPS) is 11.2. The highest BCUT2D eigenvalue weighted by Gasteiger charge is 2.22. The third-order valence-corrected chi connectivity index (χ3v) is 5.03. The first-order valence-corrected chi connectivity index (χ1v) is 11.0. The Morgan fingerprint density at radius 3 is 2.00 bits per heavy atom. The van der Waals surface area contributed by atoms with Crippen molar-refractivity contribution < 1.29 is 28.7 Å². The van der Waals surface area contributed by atoms with Crippen LogP contribution in [0.15, 0.2) is 60.7 Å². The third kappa shape index (κ3) is 10.1. The van der Waals surface area contributed by atoms with E-state index in [-0.39, 0.29) is 31.3 Å². The van der Waals surface area contributed by atoms with E-state index in [1.807, 2.05) is 60.7 Å². The van der Waals surface area contributed by atoms with E-state index in [2.05, 4.69) is 10.6 Å². The van der Waals surface area contributed by atoms with Gasteiger partial charge in [0.25, 0.3) is 0 Å². The van der Waals surface area contributed by atoms with Gasteiger partial charge < -0.3 is 20.1 Å². The van der Waals surface area contributed by atoms with Crippen LogP contribution in [0.5, 0.6) is 0 Å². The van der Waals surface area contributed by atoms with Crippen LogP contribution in [0.3, 0.4) is 0 Å². The number of esters is 1. The van der Waals surface area contributed by atoms with Gasteiger partial charge in [-0.2, -0.15) is 0 Å². The Labute approximate surface area is 191 Å². The lowest BCUT2D eigenvalue weighted by atomic mass is 10.2. The second-order valence-electron chi connectivity index (χ2n) is 6.75. The molecule has 2 aromatic rings. The smallest absolute Gasteiger partial charge is 0.408 e. The van der Waals surface area contributed by atoms with Crippen LogP contribution in [0.2, 0.25) is 0 Å². The summed E-state index contributed by atoms with van der Waals surface area (Å²) in [5.41, 5.74) is 1.63. The number of thioether (sulfide) groups is 1. The predicted octanol–water partition coefficient (Wildman–Crippen LogP) is 2.81. The van der Waals surface area contributed by atoms with Gasteiger partial charge in [0.15, 0.2) is 5.12 Å². The highest BCUT2D eigenvalue weighted by atomic mass is 32.2. The molecule has 0 aliphatic rings. The molecule has 0 bridgehead atoms. The molecule has 0 saturated carbocycles. The molecule has 32 heavy (non-hydrogen) atoms. The Balaban J connectivity index is 1.82. The van der Waals surface area contributed by atoms with Gasteiger partial charge in [-0.25, -0.2) is 4.79 Å². The molecule has 1 atom stereocenters. The van der Waals surface area contributed by atoms with E-state index in [1.165, 1.54) is 6.92 Å². The predicted molar refractivity (Wildman–Crippen MR) is 121 cm³/mol. The second-order valence-corrected chi connectivity index (χ2v) is 8.02. The van der Waals surface area contributed by atoms with Crippen LogP contribution in [0, 0.1) is 0 Å². The molecule has 0 aromatic heterocycles. The second kappa shape index (κ2) is 13.9. The average molecular weight is 459 g/mol. The Morgan fingerprint density at radius 1 is 0.875 bits per heavy atom. The molecule has 9 heteroatoms. The molecule has 0 saturated heterocycles. The SMILES string of the molecule is CC(=O)SCCC(NC(=O)OCc1ccccc1)C(=O)NCC(=O)OCc1ccccc1. The molecule has 0 radical (unpaired) electrons. The molecule has 0 spiro atoms. The number of ether oxygens (including phenoxy) is 2. The van der Waals surface area contributed by atoms with Gasteiger partial charge in [-0.05, 0) is 17.5 Å². The molecular formula is C23H26N2O6S. The fraction of sp³-hybridized carbons (Fsp3) is 0.304. The Morgan fingerprint density at radius 2 is 1.44 bits per heavy atom. The minimum atomic E-state index is -0.966. The summed E-state index contributed by atoms with van der Waals surface area (Å²) in [7, 11) is 0. The van der Waals surface area contributed by atoms with E-state index in [0.717, 1.165) is 22.9 Å². The number of rotatable bonds is 11. The summed E-state index contributed by atoms with van der Waals surface area (Å²) in [6, 6.07) is 17.3. The van der Waals surface area contributed by atoms with Crippen LogP contribution in [-0.4, -0.2) is 41.4 Å². The van der Waals surface area contributed by atoms with Gasteiger partial charge in [-0.15, -0.1) is 0 Å². The molecule has 0 heterocycles. The number of hydrogen-bond acceptors (Lipinski definition) is 7. The van der Waals surface area contributed by atoms with Gasteiger partial charge in [-0.1, -0.05) is 72.4 Å².